The van der Waals surface area contributed by atoms with E-state index < -0.39 is 0 Å². The van der Waals surface area contributed by atoms with Gasteiger partial charge in [-0.15, -0.1) is 23.1 Å². The van der Waals surface area contributed by atoms with Crippen molar-refractivity contribution in [2.75, 3.05) is 11.6 Å². The summed E-state index contributed by atoms with van der Waals surface area (Å²) in [5, 5.41) is 6.25. The molecule has 1 fully saturated rings. The molecule has 0 unspecified atom stereocenters. The van der Waals surface area contributed by atoms with E-state index in [1.165, 1.54) is 24.8 Å². The van der Waals surface area contributed by atoms with E-state index in [1.54, 1.807) is 23.1 Å². The number of aromatic nitrogens is 1. The fourth-order valence-electron chi connectivity index (χ4n) is 2.08. The van der Waals surface area contributed by atoms with E-state index >= 15 is 0 Å². The standard InChI is InChI=1S/C15H16N2OS2/c1-9(18)16-12-6-5-11(7-14(12)19-2)13-8-20-15(17-13)10-3-4-10/h5-8,10H,3-4H2,1-2H3,(H,16,18). The van der Waals surface area contributed by atoms with Gasteiger partial charge in [-0.25, -0.2) is 4.98 Å². The molecule has 0 saturated heterocycles. The molecule has 1 aromatic heterocycles. The highest BCUT2D eigenvalue weighted by Gasteiger charge is 2.26. The largest absolute Gasteiger partial charge is 0.325 e. The summed E-state index contributed by atoms with van der Waals surface area (Å²) >= 11 is 3.39. The van der Waals surface area contributed by atoms with E-state index in [4.69, 9.17) is 4.98 Å². The molecule has 0 spiro atoms. The third-order valence-corrected chi connectivity index (χ3v) is 5.04. The number of nitrogens with one attached hydrogen (secondary N) is 1. The number of anilines is 1. The van der Waals surface area contributed by atoms with Crippen molar-refractivity contribution in [1.82, 2.24) is 4.98 Å². The Hall–Kier alpha value is -1.33. The normalized spacial score (nSPS) is 14.3. The van der Waals surface area contributed by atoms with Crippen molar-refractivity contribution in [2.24, 2.45) is 0 Å². The van der Waals surface area contributed by atoms with Crippen molar-refractivity contribution < 1.29 is 4.79 Å². The van der Waals surface area contributed by atoms with Gasteiger partial charge in [0.25, 0.3) is 0 Å². The minimum atomic E-state index is -0.0438. The highest BCUT2D eigenvalue weighted by Crippen LogP contribution is 2.42. The minimum absolute atomic E-state index is 0.0438. The van der Waals surface area contributed by atoms with E-state index in [0.29, 0.717) is 5.92 Å². The van der Waals surface area contributed by atoms with Crippen LogP contribution in [0.15, 0.2) is 28.5 Å². The maximum atomic E-state index is 11.2. The van der Waals surface area contributed by atoms with Gasteiger partial charge in [0.1, 0.15) is 0 Å². The molecule has 0 radical (unpaired) electrons. The first-order valence-corrected chi connectivity index (χ1v) is 8.69. The Balaban J connectivity index is 1.90. The van der Waals surface area contributed by atoms with Crippen LogP contribution in [0.4, 0.5) is 5.69 Å². The quantitative estimate of drug-likeness (QED) is 0.853. The molecule has 1 saturated carbocycles. The van der Waals surface area contributed by atoms with E-state index in [1.807, 2.05) is 18.4 Å². The van der Waals surface area contributed by atoms with E-state index in [9.17, 15) is 4.79 Å². The molecule has 3 rings (SSSR count). The number of amides is 1. The predicted molar refractivity (Wildman–Crippen MR) is 85.6 cm³/mol. The molecule has 1 aliphatic carbocycles. The first-order chi connectivity index (χ1) is 9.67. The van der Waals surface area contributed by atoms with Gasteiger partial charge in [-0.3, -0.25) is 4.79 Å². The minimum Gasteiger partial charge on any atom is -0.325 e. The van der Waals surface area contributed by atoms with Gasteiger partial charge in [-0.1, -0.05) is 6.07 Å². The van der Waals surface area contributed by atoms with Crippen LogP contribution < -0.4 is 5.32 Å². The zero-order valence-corrected chi connectivity index (χ0v) is 13.1. The van der Waals surface area contributed by atoms with Crippen molar-refractivity contribution in [3.8, 4) is 11.3 Å². The molecular formula is C15H16N2OS2. The number of nitrogens with zero attached hydrogens (tertiary/aromatic N) is 1. The summed E-state index contributed by atoms with van der Waals surface area (Å²) in [4.78, 5) is 17.0. The number of hydrogen-bond donors (Lipinski definition) is 1. The highest BCUT2D eigenvalue weighted by molar-refractivity contribution is 7.98. The summed E-state index contributed by atoms with van der Waals surface area (Å²) in [5.74, 6) is 0.658. The van der Waals surface area contributed by atoms with Crippen molar-refractivity contribution in [2.45, 2.75) is 30.6 Å². The van der Waals surface area contributed by atoms with Gasteiger partial charge < -0.3 is 5.32 Å². The van der Waals surface area contributed by atoms with Gasteiger partial charge >= 0.3 is 0 Å². The molecule has 2 aromatic rings. The van der Waals surface area contributed by atoms with Crippen molar-refractivity contribution >= 4 is 34.7 Å². The van der Waals surface area contributed by atoms with E-state index in [0.717, 1.165) is 21.8 Å². The average molecular weight is 304 g/mol. The Labute approximate surface area is 126 Å². The molecule has 0 atom stereocenters. The van der Waals surface area contributed by atoms with Crippen LogP contribution in [0.3, 0.4) is 0 Å². The molecule has 1 N–H and O–H groups in total. The summed E-state index contributed by atoms with van der Waals surface area (Å²) in [6.45, 7) is 1.53. The Morgan fingerprint density at radius 1 is 1.45 bits per heavy atom. The third-order valence-electron chi connectivity index (χ3n) is 3.26. The SMILES string of the molecule is CSc1cc(-c2csc(C3CC3)n2)ccc1NC(C)=O. The number of carbonyl (C=O) groups is 1. The zero-order chi connectivity index (χ0) is 14.1. The van der Waals surface area contributed by atoms with Crippen LogP contribution in [0.25, 0.3) is 11.3 Å². The molecule has 20 heavy (non-hydrogen) atoms. The first kappa shape index (κ1) is 13.6. The van der Waals surface area contributed by atoms with Gasteiger partial charge in [-0.05, 0) is 31.2 Å². The smallest absolute Gasteiger partial charge is 0.221 e. The van der Waals surface area contributed by atoms with Crippen LogP contribution >= 0.6 is 23.1 Å². The lowest BCUT2D eigenvalue weighted by Gasteiger charge is -2.09. The summed E-state index contributed by atoms with van der Waals surface area (Å²) in [6.07, 6.45) is 4.58. The topological polar surface area (TPSA) is 42.0 Å². The molecule has 0 aliphatic heterocycles. The van der Waals surface area contributed by atoms with Gasteiger partial charge in [0.15, 0.2) is 0 Å². The van der Waals surface area contributed by atoms with Crippen LogP contribution in [-0.2, 0) is 4.79 Å². The molecule has 3 nitrogen and oxygen atoms in total. The molecule has 1 amide bonds. The van der Waals surface area contributed by atoms with Gasteiger partial charge in [0.2, 0.25) is 5.91 Å². The molecule has 5 heteroatoms. The van der Waals surface area contributed by atoms with Crippen molar-refractivity contribution in [3.63, 3.8) is 0 Å². The monoisotopic (exact) mass is 304 g/mol. The van der Waals surface area contributed by atoms with Crippen LogP contribution in [0, 0.1) is 0 Å². The van der Waals surface area contributed by atoms with Crippen molar-refractivity contribution in [3.05, 3.63) is 28.6 Å². The number of thioether (sulfide) groups is 1. The maximum absolute atomic E-state index is 11.2. The first-order valence-electron chi connectivity index (χ1n) is 6.59. The Kier molecular flexibility index (Phi) is 3.81. The lowest BCUT2D eigenvalue weighted by Crippen LogP contribution is -2.06. The zero-order valence-electron chi connectivity index (χ0n) is 11.5. The second kappa shape index (κ2) is 5.58. The second-order valence-electron chi connectivity index (χ2n) is 4.94. The maximum Gasteiger partial charge on any atom is 0.221 e. The van der Waals surface area contributed by atoms with Crippen LogP contribution in [0.1, 0.15) is 30.7 Å². The fourth-order valence-corrected chi connectivity index (χ4v) is 3.67. The van der Waals surface area contributed by atoms with Crippen molar-refractivity contribution in [1.29, 1.82) is 0 Å². The molecular weight excluding hydrogens is 288 g/mol. The third kappa shape index (κ3) is 2.88. The summed E-state index contributed by atoms with van der Waals surface area (Å²) < 4.78 is 0. The van der Waals surface area contributed by atoms with E-state index in [2.05, 4.69) is 16.8 Å². The number of benzene rings is 1. The Morgan fingerprint density at radius 3 is 2.90 bits per heavy atom. The molecule has 1 aliphatic rings. The second-order valence-corrected chi connectivity index (χ2v) is 6.68. The summed E-state index contributed by atoms with van der Waals surface area (Å²) in [5.41, 5.74) is 3.03. The predicted octanol–water partition coefficient (Wildman–Crippen LogP) is 4.37. The van der Waals surface area contributed by atoms with Crippen LogP contribution in [-0.4, -0.2) is 17.1 Å². The fraction of sp³-hybridized carbons (Fsp3) is 0.333. The summed E-state index contributed by atoms with van der Waals surface area (Å²) in [6, 6.07) is 6.08. The van der Waals surface area contributed by atoms with E-state index in [-0.39, 0.29) is 5.91 Å². The van der Waals surface area contributed by atoms with Gasteiger partial charge in [0, 0.05) is 28.7 Å². The van der Waals surface area contributed by atoms with Crippen LogP contribution in [0.2, 0.25) is 0 Å². The number of hydrogen-bond acceptors (Lipinski definition) is 4. The lowest BCUT2D eigenvalue weighted by atomic mass is 10.1. The number of carbonyl (C=O) groups excluding carboxylic acids is 1. The lowest BCUT2D eigenvalue weighted by molar-refractivity contribution is -0.114. The van der Waals surface area contributed by atoms with Crippen LogP contribution in [0.5, 0.6) is 0 Å². The van der Waals surface area contributed by atoms with Gasteiger partial charge in [0.05, 0.1) is 16.4 Å². The Morgan fingerprint density at radius 2 is 2.25 bits per heavy atom. The Bertz CT molecular complexity index is 647. The molecule has 0 bridgehead atoms. The summed E-state index contributed by atoms with van der Waals surface area (Å²) in [7, 11) is 0. The average Bonchev–Trinajstić information content (AvgIpc) is 3.17. The molecule has 1 aromatic carbocycles. The molecule has 104 valence electrons. The number of thiazole rings is 1. The highest BCUT2D eigenvalue weighted by atomic mass is 32.2. The number of rotatable bonds is 4. The molecule has 1 heterocycles. The van der Waals surface area contributed by atoms with Gasteiger partial charge in [-0.2, -0.15) is 0 Å².